The Kier molecular flexibility index (Phi) is 3.29. The third-order valence-corrected chi connectivity index (χ3v) is 4.29. The third kappa shape index (κ3) is 2.46. The summed E-state index contributed by atoms with van der Waals surface area (Å²) in [4.78, 5) is 0. The lowest BCUT2D eigenvalue weighted by Gasteiger charge is -2.31. The molecule has 0 saturated carbocycles. The van der Waals surface area contributed by atoms with E-state index in [1.165, 1.54) is 11.6 Å². The Morgan fingerprint density at radius 1 is 1.13 bits per heavy atom. The molecule has 1 N–H and O–H groups in total. The predicted octanol–water partition coefficient (Wildman–Crippen LogP) is 3.27. The highest BCUT2D eigenvalue weighted by molar-refractivity contribution is 5.38. The van der Waals surface area contributed by atoms with E-state index in [0.29, 0.717) is 17.9 Å². The molecule has 1 aromatic heterocycles. The largest absolute Gasteiger partial charge is 0.346 e. The van der Waals surface area contributed by atoms with E-state index in [1.54, 1.807) is 16.8 Å². The molecule has 2 heterocycles. The number of tetrazole rings is 1. The first-order valence-corrected chi connectivity index (χ1v) is 7.58. The molecule has 0 aliphatic carbocycles. The normalized spacial score (nSPS) is 19.9. The number of hydrogen-bond donors (Lipinski definition) is 1. The zero-order valence-electron chi connectivity index (χ0n) is 12.6. The number of anilines is 1. The maximum Gasteiger partial charge on any atom is 0.243 e. The molecular formula is C17H16FN5. The van der Waals surface area contributed by atoms with Gasteiger partial charge in [-0.1, -0.05) is 53.1 Å². The Bertz CT molecular complexity index is 827. The molecule has 5 nitrogen and oxygen atoms in total. The van der Waals surface area contributed by atoms with Crippen molar-refractivity contribution in [1.29, 1.82) is 0 Å². The van der Waals surface area contributed by atoms with E-state index in [1.807, 2.05) is 6.07 Å². The number of nitrogens with zero attached hydrogens (tertiary/aromatic N) is 4. The number of nitrogens with one attached hydrogen (secondary N) is 1. The van der Waals surface area contributed by atoms with Gasteiger partial charge in [-0.25, -0.2) is 9.07 Å². The maximum atomic E-state index is 14.3. The van der Waals surface area contributed by atoms with Crippen molar-refractivity contribution < 1.29 is 4.39 Å². The minimum absolute atomic E-state index is 0.0405. The highest BCUT2D eigenvalue weighted by Crippen LogP contribution is 2.37. The van der Waals surface area contributed by atoms with Gasteiger partial charge in [-0.05, 0) is 35.4 Å². The van der Waals surface area contributed by atoms with Gasteiger partial charge in [0.1, 0.15) is 5.82 Å². The second-order valence-corrected chi connectivity index (χ2v) is 5.83. The molecule has 0 fully saturated rings. The summed E-state index contributed by atoms with van der Waals surface area (Å²) in [5, 5.41) is 15.1. The van der Waals surface area contributed by atoms with Crippen LogP contribution in [0.2, 0.25) is 0 Å². The number of aryl methyl sites for hydroxylation is 1. The molecule has 4 rings (SSSR count). The van der Waals surface area contributed by atoms with Crippen LogP contribution in [-0.4, -0.2) is 20.2 Å². The Labute approximate surface area is 133 Å². The first-order chi connectivity index (χ1) is 11.2. The zero-order valence-corrected chi connectivity index (χ0v) is 12.6. The van der Waals surface area contributed by atoms with Gasteiger partial charge in [-0.3, -0.25) is 0 Å². The number of benzene rings is 2. The third-order valence-electron chi connectivity index (χ3n) is 4.29. The smallest absolute Gasteiger partial charge is 0.243 e. The van der Waals surface area contributed by atoms with Gasteiger partial charge in [0.2, 0.25) is 5.95 Å². The van der Waals surface area contributed by atoms with Gasteiger partial charge in [-0.2, -0.15) is 0 Å². The van der Waals surface area contributed by atoms with Gasteiger partial charge in [-0.15, -0.1) is 0 Å². The van der Waals surface area contributed by atoms with Crippen LogP contribution in [0.15, 0.2) is 48.5 Å². The van der Waals surface area contributed by atoms with E-state index < -0.39 is 0 Å². The van der Waals surface area contributed by atoms with Crippen LogP contribution in [0.25, 0.3) is 0 Å². The van der Waals surface area contributed by atoms with Gasteiger partial charge in [0.25, 0.3) is 0 Å². The van der Waals surface area contributed by atoms with Crippen LogP contribution >= 0.6 is 0 Å². The average Bonchev–Trinajstić information content (AvgIpc) is 3.04. The summed E-state index contributed by atoms with van der Waals surface area (Å²) in [7, 11) is 0. The number of aromatic nitrogens is 4. The van der Waals surface area contributed by atoms with Crippen molar-refractivity contribution in [2.75, 3.05) is 5.32 Å². The quantitative estimate of drug-likeness (QED) is 0.789. The van der Waals surface area contributed by atoms with E-state index in [-0.39, 0.29) is 17.9 Å². The standard InChI is InChI=1S/C17H16FN5/c1-11-6-8-12(9-7-11)15-10-16(13-4-2-3-5-14(13)18)23-17(19-15)20-21-22-23/h2-9,15-16H,10H2,1H3,(H,19,20,22)/t15-,16+/m0/s1. The minimum Gasteiger partial charge on any atom is -0.346 e. The van der Waals surface area contributed by atoms with E-state index in [2.05, 4.69) is 52.0 Å². The van der Waals surface area contributed by atoms with Crippen LogP contribution in [0.3, 0.4) is 0 Å². The predicted molar refractivity (Wildman–Crippen MR) is 84.5 cm³/mol. The number of halogens is 1. The fraction of sp³-hybridized carbons (Fsp3) is 0.235. The fourth-order valence-electron chi connectivity index (χ4n) is 3.06. The highest BCUT2D eigenvalue weighted by Gasteiger charge is 2.31. The molecule has 1 aliphatic heterocycles. The second kappa shape index (κ2) is 5.46. The fourth-order valence-corrected chi connectivity index (χ4v) is 3.06. The van der Waals surface area contributed by atoms with Crippen molar-refractivity contribution in [3.05, 3.63) is 71.0 Å². The number of rotatable bonds is 2. The minimum atomic E-state index is -0.233. The van der Waals surface area contributed by atoms with E-state index >= 15 is 0 Å². The van der Waals surface area contributed by atoms with Gasteiger partial charge in [0, 0.05) is 5.56 Å². The Morgan fingerprint density at radius 2 is 1.91 bits per heavy atom. The SMILES string of the molecule is Cc1ccc([C@@H]2C[C@H](c3ccccc3F)n3nnnc3N2)cc1. The summed E-state index contributed by atoms with van der Waals surface area (Å²) in [6.07, 6.45) is 0.683. The number of hydrogen-bond acceptors (Lipinski definition) is 4. The summed E-state index contributed by atoms with van der Waals surface area (Å²) in [6, 6.07) is 14.9. The van der Waals surface area contributed by atoms with E-state index in [9.17, 15) is 4.39 Å². The molecular weight excluding hydrogens is 293 g/mol. The zero-order chi connectivity index (χ0) is 15.8. The van der Waals surface area contributed by atoms with Crippen molar-refractivity contribution in [3.8, 4) is 0 Å². The van der Waals surface area contributed by atoms with Gasteiger partial charge in [0.15, 0.2) is 0 Å². The van der Waals surface area contributed by atoms with Crippen molar-refractivity contribution >= 4 is 5.95 Å². The van der Waals surface area contributed by atoms with Crippen molar-refractivity contribution in [1.82, 2.24) is 20.2 Å². The lowest BCUT2D eigenvalue weighted by atomic mass is 9.93. The Hall–Kier alpha value is -2.76. The average molecular weight is 309 g/mol. The summed E-state index contributed by atoms with van der Waals surface area (Å²) in [5.41, 5.74) is 2.96. The molecule has 0 spiro atoms. The molecule has 116 valence electrons. The maximum absolute atomic E-state index is 14.3. The topological polar surface area (TPSA) is 55.6 Å². The lowest BCUT2D eigenvalue weighted by molar-refractivity contribution is 0.409. The van der Waals surface area contributed by atoms with Crippen molar-refractivity contribution in [2.45, 2.75) is 25.4 Å². The molecule has 0 amide bonds. The van der Waals surface area contributed by atoms with Crippen LogP contribution in [-0.2, 0) is 0 Å². The van der Waals surface area contributed by atoms with Crippen LogP contribution in [0, 0.1) is 12.7 Å². The first-order valence-electron chi connectivity index (χ1n) is 7.58. The van der Waals surface area contributed by atoms with E-state index in [4.69, 9.17) is 0 Å². The van der Waals surface area contributed by atoms with Gasteiger partial charge in [0.05, 0.1) is 12.1 Å². The Balaban J connectivity index is 1.75. The molecule has 0 unspecified atom stereocenters. The summed E-state index contributed by atoms with van der Waals surface area (Å²) in [5.74, 6) is 0.332. The molecule has 2 aromatic carbocycles. The molecule has 1 aliphatic rings. The van der Waals surface area contributed by atoms with Crippen molar-refractivity contribution in [3.63, 3.8) is 0 Å². The van der Waals surface area contributed by atoms with Crippen LogP contribution < -0.4 is 5.32 Å². The molecule has 6 heteroatoms. The van der Waals surface area contributed by atoms with Crippen molar-refractivity contribution in [2.24, 2.45) is 0 Å². The monoisotopic (exact) mass is 309 g/mol. The molecule has 2 atom stereocenters. The van der Waals surface area contributed by atoms with Crippen LogP contribution in [0.1, 0.15) is 35.2 Å². The lowest BCUT2D eigenvalue weighted by Crippen LogP contribution is -2.28. The highest BCUT2D eigenvalue weighted by atomic mass is 19.1. The number of fused-ring (bicyclic) bond motifs is 1. The first kappa shape index (κ1) is 13.9. The Morgan fingerprint density at radius 3 is 2.70 bits per heavy atom. The second-order valence-electron chi connectivity index (χ2n) is 5.83. The summed E-state index contributed by atoms with van der Waals surface area (Å²) in [6.45, 7) is 2.06. The van der Waals surface area contributed by atoms with Crippen LogP contribution in [0.4, 0.5) is 10.3 Å². The molecule has 0 saturated heterocycles. The molecule has 0 bridgehead atoms. The summed E-state index contributed by atoms with van der Waals surface area (Å²) < 4.78 is 15.9. The molecule has 0 radical (unpaired) electrons. The summed E-state index contributed by atoms with van der Waals surface area (Å²) >= 11 is 0. The van der Waals surface area contributed by atoms with Gasteiger partial charge >= 0.3 is 0 Å². The van der Waals surface area contributed by atoms with Crippen LogP contribution in [0.5, 0.6) is 0 Å². The van der Waals surface area contributed by atoms with Gasteiger partial charge < -0.3 is 5.32 Å². The molecule has 23 heavy (non-hydrogen) atoms. The van der Waals surface area contributed by atoms with E-state index in [0.717, 1.165) is 5.56 Å². The molecule has 3 aromatic rings.